The Morgan fingerprint density at radius 3 is 2.86 bits per heavy atom. The topological polar surface area (TPSA) is 31.2 Å². The van der Waals surface area contributed by atoms with Crippen molar-refractivity contribution in [2.75, 3.05) is 6.61 Å². The van der Waals surface area contributed by atoms with Gasteiger partial charge >= 0.3 is 0 Å². The second-order valence-corrected chi connectivity index (χ2v) is 3.56. The van der Waals surface area contributed by atoms with Crippen LogP contribution in [0.5, 0.6) is 0 Å². The highest BCUT2D eigenvalue weighted by molar-refractivity contribution is 5.97. The van der Waals surface area contributed by atoms with Crippen LogP contribution in [0.25, 0.3) is 0 Å². The molecule has 0 fully saturated rings. The third kappa shape index (κ3) is 2.70. The van der Waals surface area contributed by atoms with E-state index in [0.717, 1.165) is 5.56 Å². The summed E-state index contributed by atoms with van der Waals surface area (Å²) in [7, 11) is 0. The Balaban J connectivity index is 2.63. The van der Waals surface area contributed by atoms with Crippen LogP contribution in [0.2, 0.25) is 0 Å². The predicted octanol–water partition coefficient (Wildman–Crippen LogP) is 2.32. The molecule has 0 saturated heterocycles. The average Bonchev–Trinajstić information content (AvgIpc) is 2.61. The summed E-state index contributed by atoms with van der Waals surface area (Å²) in [5.74, 6) is 0.234. The molecule has 0 atom stereocenters. The number of Topliss-reactive ketones (excluding diaryl/α,β-unsaturated/α-hetero) is 1. The zero-order valence-corrected chi connectivity index (χ0v) is 8.99. The third-order valence-electron chi connectivity index (χ3n) is 2.00. The van der Waals surface area contributed by atoms with Crippen molar-refractivity contribution in [3.63, 3.8) is 0 Å². The summed E-state index contributed by atoms with van der Waals surface area (Å²) >= 11 is 0. The lowest BCUT2D eigenvalue weighted by Gasteiger charge is -2.02. The number of nitrogens with zero attached hydrogens (tertiary/aromatic N) is 1. The maximum Gasteiger partial charge on any atom is 0.166 e. The van der Waals surface area contributed by atoms with Gasteiger partial charge in [0.25, 0.3) is 0 Å². The van der Waals surface area contributed by atoms with Gasteiger partial charge in [-0.15, -0.1) is 0 Å². The zero-order chi connectivity index (χ0) is 10.6. The van der Waals surface area contributed by atoms with E-state index >= 15 is 0 Å². The van der Waals surface area contributed by atoms with Gasteiger partial charge in [0.05, 0.1) is 0 Å². The molecular formula is C11H17NO2. The summed E-state index contributed by atoms with van der Waals surface area (Å²) in [5.41, 5.74) is 0.764. The van der Waals surface area contributed by atoms with Crippen molar-refractivity contribution >= 4 is 5.78 Å². The molecule has 0 aliphatic heterocycles. The lowest BCUT2D eigenvalue weighted by atomic mass is 10.0. The van der Waals surface area contributed by atoms with Gasteiger partial charge < -0.3 is 9.30 Å². The highest BCUT2D eigenvalue weighted by Crippen LogP contribution is 2.08. The van der Waals surface area contributed by atoms with Crippen LogP contribution in [0, 0.1) is 5.92 Å². The zero-order valence-electron chi connectivity index (χ0n) is 8.99. The molecule has 0 aliphatic carbocycles. The van der Waals surface area contributed by atoms with E-state index in [4.69, 9.17) is 4.74 Å². The summed E-state index contributed by atoms with van der Waals surface area (Å²) in [6, 6.07) is 1.83. The quantitative estimate of drug-likeness (QED) is 0.675. The van der Waals surface area contributed by atoms with Crippen molar-refractivity contribution in [3.8, 4) is 0 Å². The molecule has 0 unspecified atom stereocenters. The molecule has 0 aromatic carbocycles. The number of carbonyl (C=O) groups is 1. The van der Waals surface area contributed by atoms with E-state index in [1.807, 2.05) is 43.8 Å². The molecule has 0 radical (unpaired) electrons. The van der Waals surface area contributed by atoms with Crippen molar-refractivity contribution in [1.29, 1.82) is 0 Å². The maximum atomic E-state index is 11.6. The van der Waals surface area contributed by atoms with Gasteiger partial charge in [0.2, 0.25) is 0 Å². The Hall–Kier alpha value is -1.09. The summed E-state index contributed by atoms with van der Waals surface area (Å²) in [6.45, 7) is 6.96. The highest BCUT2D eigenvalue weighted by atomic mass is 16.5. The number of aromatic nitrogens is 1. The smallest absolute Gasteiger partial charge is 0.166 e. The van der Waals surface area contributed by atoms with E-state index in [9.17, 15) is 4.79 Å². The molecule has 1 heterocycles. The second kappa shape index (κ2) is 4.96. The van der Waals surface area contributed by atoms with Crippen LogP contribution in [-0.2, 0) is 11.5 Å². The number of rotatable bonds is 5. The fourth-order valence-corrected chi connectivity index (χ4v) is 1.20. The highest BCUT2D eigenvalue weighted by Gasteiger charge is 2.11. The summed E-state index contributed by atoms with van der Waals surface area (Å²) in [4.78, 5) is 11.6. The van der Waals surface area contributed by atoms with E-state index in [1.54, 1.807) is 0 Å². The van der Waals surface area contributed by atoms with Crippen LogP contribution in [0.3, 0.4) is 0 Å². The van der Waals surface area contributed by atoms with E-state index in [0.29, 0.717) is 13.3 Å². The van der Waals surface area contributed by atoms with Crippen LogP contribution >= 0.6 is 0 Å². The number of ketones is 1. The molecule has 14 heavy (non-hydrogen) atoms. The third-order valence-corrected chi connectivity index (χ3v) is 2.00. The molecule has 0 amide bonds. The van der Waals surface area contributed by atoms with Crippen molar-refractivity contribution in [2.45, 2.75) is 27.5 Å². The van der Waals surface area contributed by atoms with Crippen LogP contribution in [0.1, 0.15) is 31.1 Å². The Bertz CT molecular complexity index is 302. The van der Waals surface area contributed by atoms with Crippen molar-refractivity contribution < 1.29 is 9.53 Å². The molecule has 1 aromatic rings. The molecule has 0 N–H and O–H groups in total. The lowest BCUT2D eigenvalue weighted by Crippen LogP contribution is -2.06. The average molecular weight is 195 g/mol. The molecule has 0 spiro atoms. The van der Waals surface area contributed by atoms with Crippen molar-refractivity contribution in [3.05, 3.63) is 24.0 Å². The van der Waals surface area contributed by atoms with Crippen LogP contribution in [-0.4, -0.2) is 17.0 Å². The number of hydrogen-bond acceptors (Lipinski definition) is 2. The lowest BCUT2D eigenvalue weighted by molar-refractivity contribution is 0.0875. The minimum absolute atomic E-state index is 0.0537. The second-order valence-electron chi connectivity index (χ2n) is 3.56. The summed E-state index contributed by atoms with van der Waals surface area (Å²) < 4.78 is 7.10. The maximum absolute atomic E-state index is 11.6. The summed E-state index contributed by atoms with van der Waals surface area (Å²) in [6.07, 6.45) is 3.70. The Kier molecular flexibility index (Phi) is 3.89. The predicted molar refractivity (Wildman–Crippen MR) is 55.2 cm³/mol. The van der Waals surface area contributed by atoms with Gasteiger partial charge in [-0.3, -0.25) is 4.79 Å². The van der Waals surface area contributed by atoms with Crippen molar-refractivity contribution in [2.24, 2.45) is 5.92 Å². The largest absolute Gasteiger partial charge is 0.361 e. The molecule has 3 heteroatoms. The van der Waals surface area contributed by atoms with Gasteiger partial charge in [-0.05, 0) is 13.0 Å². The van der Waals surface area contributed by atoms with E-state index in [2.05, 4.69) is 0 Å². The van der Waals surface area contributed by atoms with Gasteiger partial charge in [-0.25, -0.2) is 0 Å². The van der Waals surface area contributed by atoms with Gasteiger partial charge in [-0.2, -0.15) is 0 Å². The van der Waals surface area contributed by atoms with E-state index < -0.39 is 0 Å². The molecule has 3 nitrogen and oxygen atoms in total. The van der Waals surface area contributed by atoms with Gasteiger partial charge in [-0.1, -0.05) is 13.8 Å². The number of hydrogen-bond donors (Lipinski definition) is 0. The van der Waals surface area contributed by atoms with Crippen LogP contribution in [0.15, 0.2) is 18.5 Å². The normalized spacial score (nSPS) is 10.9. The first-order valence-electron chi connectivity index (χ1n) is 4.93. The molecular weight excluding hydrogens is 178 g/mol. The van der Waals surface area contributed by atoms with Gasteiger partial charge in [0.1, 0.15) is 6.73 Å². The first kappa shape index (κ1) is 11.0. The first-order chi connectivity index (χ1) is 6.65. The number of ether oxygens (including phenoxy) is 1. The molecule has 78 valence electrons. The fourth-order valence-electron chi connectivity index (χ4n) is 1.20. The summed E-state index contributed by atoms with van der Waals surface area (Å²) in [5, 5.41) is 0. The Labute approximate surface area is 84.7 Å². The van der Waals surface area contributed by atoms with Crippen LogP contribution in [0.4, 0.5) is 0 Å². The van der Waals surface area contributed by atoms with E-state index in [-0.39, 0.29) is 11.7 Å². The first-order valence-corrected chi connectivity index (χ1v) is 4.93. The van der Waals surface area contributed by atoms with Crippen LogP contribution < -0.4 is 0 Å². The van der Waals surface area contributed by atoms with Crippen molar-refractivity contribution in [1.82, 2.24) is 4.57 Å². The molecule has 1 rings (SSSR count). The van der Waals surface area contributed by atoms with E-state index in [1.165, 1.54) is 0 Å². The minimum atomic E-state index is 0.0537. The standard InChI is InChI=1S/C11H17NO2/c1-4-14-8-12-6-5-10(7-12)11(13)9(2)3/h5-7,9H,4,8H2,1-3H3. The Morgan fingerprint density at radius 2 is 2.29 bits per heavy atom. The minimum Gasteiger partial charge on any atom is -0.361 e. The monoisotopic (exact) mass is 195 g/mol. The molecule has 0 aliphatic rings. The molecule has 0 bridgehead atoms. The molecule has 1 aromatic heterocycles. The fraction of sp³-hybridized carbons (Fsp3) is 0.545. The number of carbonyl (C=O) groups excluding carboxylic acids is 1. The van der Waals surface area contributed by atoms with Gasteiger partial charge in [0.15, 0.2) is 5.78 Å². The molecule has 0 saturated carbocycles. The van der Waals surface area contributed by atoms with Gasteiger partial charge in [0, 0.05) is 30.5 Å². The Morgan fingerprint density at radius 1 is 1.57 bits per heavy atom. The SMILES string of the molecule is CCOCn1ccc(C(=O)C(C)C)c1.